The third-order valence-electron chi connectivity index (χ3n) is 3.29. The van der Waals surface area contributed by atoms with Crippen LogP contribution >= 0.6 is 23.8 Å². The van der Waals surface area contributed by atoms with Gasteiger partial charge in [-0.3, -0.25) is 15.6 Å². The molecule has 0 aliphatic rings. The van der Waals surface area contributed by atoms with E-state index in [-0.39, 0.29) is 22.1 Å². The largest absolute Gasteiger partial charge is 0.357 e. The van der Waals surface area contributed by atoms with E-state index in [0.29, 0.717) is 6.54 Å². The Morgan fingerprint density at radius 2 is 1.88 bits per heavy atom. The van der Waals surface area contributed by atoms with Gasteiger partial charge in [0.1, 0.15) is 5.82 Å². The van der Waals surface area contributed by atoms with Crippen LogP contribution in [-0.4, -0.2) is 11.0 Å². The van der Waals surface area contributed by atoms with Gasteiger partial charge in [-0.1, -0.05) is 47.5 Å². The van der Waals surface area contributed by atoms with Crippen molar-refractivity contribution in [1.29, 1.82) is 0 Å². The third kappa shape index (κ3) is 5.47. The number of thiocarbonyl (C=S) groups is 1. The van der Waals surface area contributed by atoms with Gasteiger partial charge in [-0.15, -0.1) is 0 Å². The minimum absolute atomic E-state index is 0.150. The van der Waals surface area contributed by atoms with Crippen molar-refractivity contribution in [3.63, 3.8) is 0 Å². The van der Waals surface area contributed by atoms with E-state index in [1.807, 2.05) is 31.2 Å². The van der Waals surface area contributed by atoms with Crippen molar-refractivity contribution in [3.8, 4) is 0 Å². The van der Waals surface area contributed by atoms with Gasteiger partial charge in [-0.05, 0) is 36.8 Å². The molecule has 0 saturated heterocycles. The van der Waals surface area contributed by atoms with Gasteiger partial charge in [0.05, 0.1) is 6.42 Å². The molecular weight excluding hydrogens is 349 g/mol. The van der Waals surface area contributed by atoms with Crippen LogP contribution in [0, 0.1) is 12.7 Å². The topological polar surface area (TPSA) is 53.2 Å². The van der Waals surface area contributed by atoms with Crippen LogP contribution in [0.15, 0.2) is 42.5 Å². The van der Waals surface area contributed by atoms with E-state index in [0.717, 1.165) is 5.56 Å². The van der Waals surface area contributed by atoms with Crippen molar-refractivity contribution < 1.29 is 9.18 Å². The third-order valence-corrected chi connectivity index (χ3v) is 3.89. The van der Waals surface area contributed by atoms with Crippen molar-refractivity contribution in [3.05, 3.63) is 70.0 Å². The van der Waals surface area contributed by atoms with Crippen LogP contribution in [0.25, 0.3) is 0 Å². The van der Waals surface area contributed by atoms with Gasteiger partial charge in [-0.25, -0.2) is 4.39 Å². The maximum absolute atomic E-state index is 13.6. The highest BCUT2D eigenvalue weighted by Crippen LogP contribution is 2.19. The summed E-state index contributed by atoms with van der Waals surface area (Å²) in [6.45, 7) is 2.54. The van der Waals surface area contributed by atoms with Crippen molar-refractivity contribution in [2.45, 2.75) is 19.9 Å². The number of rotatable bonds is 4. The molecule has 0 saturated carbocycles. The lowest BCUT2D eigenvalue weighted by Crippen LogP contribution is -2.47. The molecule has 2 rings (SSSR count). The summed E-state index contributed by atoms with van der Waals surface area (Å²) in [6.07, 6.45) is -0.181. The van der Waals surface area contributed by atoms with Crippen LogP contribution in [0.2, 0.25) is 5.02 Å². The average molecular weight is 366 g/mol. The van der Waals surface area contributed by atoms with Gasteiger partial charge in [0.15, 0.2) is 5.11 Å². The predicted octanol–water partition coefficient (Wildman–Crippen LogP) is 3.03. The molecule has 0 bridgehead atoms. The summed E-state index contributed by atoms with van der Waals surface area (Å²) >= 11 is 11.0. The van der Waals surface area contributed by atoms with Crippen molar-refractivity contribution in [2.24, 2.45) is 0 Å². The van der Waals surface area contributed by atoms with Crippen LogP contribution in [-0.2, 0) is 17.8 Å². The highest BCUT2D eigenvalue weighted by molar-refractivity contribution is 7.80. The Morgan fingerprint density at radius 3 is 2.54 bits per heavy atom. The minimum Gasteiger partial charge on any atom is -0.357 e. The molecule has 1 amide bonds. The summed E-state index contributed by atoms with van der Waals surface area (Å²) in [6, 6.07) is 12.3. The van der Waals surface area contributed by atoms with E-state index in [1.54, 1.807) is 0 Å². The first kappa shape index (κ1) is 18.2. The van der Waals surface area contributed by atoms with Crippen molar-refractivity contribution in [2.75, 3.05) is 0 Å². The zero-order chi connectivity index (χ0) is 17.5. The molecule has 2 aromatic carbocycles. The summed E-state index contributed by atoms with van der Waals surface area (Å²) < 4.78 is 13.6. The fourth-order valence-electron chi connectivity index (χ4n) is 1.96. The maximum Gasteiger partial charge on any atom is 0.242 e. The Hall–Kier alpha value is -2.18. The number of hydrogen-bond donors (Lipinski definition) is 3. The normalized spacial score (nSPS) is 10.1. The molecule has 0 atom stereocenters. The number of nitrogens with one attached hydrogen (secondary N) is 3. The zero-order valence-electron chi connectivity index (χ0n) is 13.0. The molecule has 0 unspecified atom stereocenters. The standard InChI is InChI=1S/C17H17ClFN3OS/c1-11-5-7-12(8-6-11)10-20-17(24)22-21-16(23)9-13-14(18)3-2-4-15(13)19/h2-8H,9-10H2,1H3,(H,21,23)(H2,20,22,24). The van der Waals surface area contributed by atoms with E-state index >= 15 is 0 Å². The van der Waals surface area contributed by atoms with Crippen LogP contribution in [0.1, 0.15) is 16.7 Å². The summed E-state index contributed by atoms with van der Waals surface area (Å²) in [4.78, 5) is 11.8. The van der Waals surface area contributed by atoms with E-state index in [2.05, 4.69) is 16.2 Å². The molecule has 24 heavy (non-hydrogen) atoms. The SMILES string of the molecule is Cc1ccc(CNC(=S)NNC(=O)Cc2c(F)cccc2Cl)cc1. The number of carbonyl (C=O) groups is 1. The van der Waals surface area contributed by atoms with Gasteiger partial charge in [0.2, 0.25) is 5.91 Å². The summed E-state index contributed by atoms with van der Waals surface area (Å²) in [7, 11) is 0. The molecule has 3 N–H and O–H groups in total. The molecule has 0 fully saturated rings. The molecule has 0 radical (unpaired) electrons. The van der Waals surface area contributed by atoms with Crippen LogP contribution in [0.5, 0.6) is 0 Å². The predicted molar refractivity (Wildman–Crippen MR) is 97.0 cm³/mol. The van der Waals surface area contributed by atoms with Crippen molar-refractivity contribution in [1.82, 2.24) is 16.2 Å². The number of carbonyl (C=O) groups excluding carboxylic acids is 1. The van der Waals surface area contributed by atoms with Gasteiger partial charge >= 0.3 is 0 Å². The Morgan fingerprint density at radius 1 is 1.17 bits per heavy atom. The lowest BCUT2D eigenvalue weighted by atomic mass is 10.1. The number of amides is 1. The molecule has 0 heterocycles. The van der Waals surface area contributed by atoms with E-state index in [9.17, 15) is 9.18 Å². The molecule has 126 valence electrons. The Kier molecular flexibility index (Phi) is 6.52. The van der Waals surface area contributed by atoms with Crippen molar-refractivity contribution >= 4 is 34.8 Å². The smallest absolute Gasteiger partial charge is 0.242 e. The summed E-state index contributed by atoms with van der Waals surface area (Å²) in [5.74, 6) is -0.959. The first-order valence-corrected chi connectivity index (χ1v) is 8.05. The maximum atomic E-state index is 13.6. The van der Waals surface area contributed by atoms with Crippen LogP contribution in [0.3, 0.4) is 0 Å². The Balaban J connectivity index is 1.77. The van der Waals surface area contributed by atoms with E-state index in [4.69, 9.17) is 23.8 Å². The average Bonchev–Trinajstić information content (AvgIpc) is 2.56. The Labute approximate surface area is 150 Å². The van der Waals surface area contributed by atoms with E-state index < -0.39 is 11.7 Å². The van der Waals surface area contributed by atoms with Gasteiger partial charge in [0.25, 0.3) is 0 Å². The second-order valence-corrected chi connectivity index (χ2v) is 6.03. The quantitative estimate of drug-likeness (QED) is 0.576. The molecule has 0 aliphatic heterocycles. The first-order chi connectivity index (χ1) is 11.5. The van der Waals surface area contributed by atoms with Crippen LogP contribution in [0.4, 0.5) is 4.39 Å². The van der Waals surface area contributed by atoms with Gasteiger partial charge in [0, 0.05) is 17.1 Å². The Bertz CT molecular complexity index is 717. The molecule has 2 aromatic rings. The number of aryl methyl sites for hydroxylation is 1. The second kappa shape index (κ2) is 8.61. The van der Waals surface area contributed by atoms with Gasteiger partial charge in [-0.2, -0.15) is 0 Å². The summed E-state index contributed by atoms with van der Waals surface area (Å²) in [5, 5.41) is 3.45. The van der Waals surface area contributed by atoms with E-state index in [1.165, 1.54) is 23.8 Å². The first-order valence-electron chi connectivity index (χ1n) is 7.27. The molecule has 7 heteroatoms. The lowest BCUT2D eigenvalue weighted by molar-refractivity contribution is -0.121. The molecule has 0 aromatic heterocycles. The van der Waals surface area contributed by atoms with Crippen LogP contribution < -0.4 is 16.2 Å². The fourth-order valence-corrected chi connectivity index (χ4v) is 2.32. The highest BCUT2D eigenvalue weighted by atomic mass is 35.5. The number of hydrogen-bond acceptors (Lipinski definition) is 2. The molecule has 0 spiro atoms. The number of hydrazine groups is 1. The van der Waals surface area contributed by atoms with Gasteiger partial charge < -0.3 is 5.32 Å². The highest BCUT2D eigenvalue weighted by Gasteiger charge is 2.11. The number of benzene rings is 2. The number of halogens is 2. The minimum atomic E-state index is -0.516. The summed E-state index contributed by atoms with van der Waals surface area (Å²) in [5.41, 5.74) is 7.38. The fraction of sp³-hybridized carbons (Fsp3) is 0.176. The second-order valence-electron chi connectivity index (χ2n) is 5.22. The molecule has 0 aliphatic carbocycles. The molecular formula is C17H17ClFN3OS. The lowest BCUT2D eigenvalue weighted by Gasteiger charge is -2.12. The zero-order valence-corrected chi connectivity index (χ0v) is 14.6. The monoisotopic (exact) mass is 365 g/mol. The molecule has 4 nitrogen and oxygen atoms in total.